The van der Waals surface area contributed by atoms with E-state index < -0.39 is 0 Å². The summed E-state index contributed by atoms with van der Waals surface area (Å²) in [4.78, 5) is 30.9. The van der Waals surface area contributed by atoms with Crippen LogP contribution in [0.3, 0.4) is 0 Å². The van der Waals surface area contributed by atoms with E-state index >= 15 is 0 Å². The lowest BCUT2D eigenvalue weighted by Crippen LogP contribution is -2.28. The first-order valence-corrected chi connectivity index (χ1v) is 8.70. The zero-order valence-electron chi connectivity index (χ0n) is 14.0. The maximum Gasteiger partial charge on any atom is 0.298 e. The molecule has 0 bridgehead atoms. The van der Waals surface area contributed by atoms with Crippen molar-refractivity contribution in [2.45, 2.75) is 0 Å². The molecule has 1 aromatic heterocycles. The van der Waals surface area contributed by atoms with Gasteiger partial charge in [-0.2, -0.15) is 0 Å². The highest BCUT2D eigenvalue weighted by Crippen LogP contribution is 2.27. The average molecular weight is 410 g/mol. The summed E-state index contributed by atoms with van der Waals surface area (Å²) < 4.78 is 2.37. The number of aryl methyl sites for hydroxylation is 1. The minimum absolute atomic E-state index is 0.185. The Morgan fingerprint density at radius 2 is 1.77 bits per heavy atom. The second-order valence-corrected chi connectivity index (χ2v) is 6.39. The van der Waals surface area contributed by atoms with Crippen molar-refractivity contribution in [3.63, 3.8) is 0 Å². The highest BCUT2D eigenvalue weighted by molar-refractivity contribution is 9.10. The van der Waals surface area contributed by atoms with E-state index in [1.807, 2.05) is 24.3 Å². The summed E-state index contributed by atoms with van der Waals surface area (Å²) in [6.07, 6.45) is 6.12. The maximum atomic E-state index is 13.0. The van der Waals surface area contributed by atoms with Gasteiger partial charge < -0.3 is 4.57 Å². The number of para-hydroxylation sites is 1. The van der Waals surface area contributed by atoms with Crippen molar-refractivity contribution in [2.75, 3.05) is 4.90 Å². The van der Waals surface area contributed by atoms with E-state index in [9.17, 15) is 9.59 Å². The molecule has 6 heteroatoms. The van der Waals surface area contributed by atoms with Crippen LogP contribution >= 0.6 is 15.9 Å². The highest BCUT2D eigenvalue weighted by atomic mass is 79.9. The fourth-order valence-electron chi connectivity index (χ4n) is 2.42. The first-order valence-electron chi connectivity index (χ1n) is 7.91. The monoisotopic (exact) mass is 409 g/mol. The number of aromatic nitrogens is 2. The van der Waals surface area contributed by atoms with E-state index in [2.05, 4.69) is 20.9 Å². The Labute approximate surface area is 159 Å². The zero-order chi connectivity index (χ0) is 18.5. The van der Waals surface area contributed by atoms with E-state index in [0.29, 0.717) is 11.3 Å². The molecule has 2 aromatic carbocycles. The molecule has 0 N–H and O–H groups in total. The lowest BCUT2D eigenvalue weighted by molar-refractivity contribution is 0.0985. The molecule has 0 fully saturated rings. The van der Waals surface area contributed by atoms with Crippen LogP contribution in [-0.4, -0.2) is 21.2 Å². The molecule has 0 aliphatic heterocycles. The molecular formula is C20H16BrN3O2. The van der Waals surface area contributed by atoms with E-state index in [1.54, 1.807) is 54.3 Å². The number of amides is 1. The molecule has 3 aromatic rings. The smallest absolute Gasteiger partial charge is 0.298 e. The third kappa shape index (κ3) is 3.81. The Morgan fingerprint density at radius 3 is 2.42 bits per heavy atom. The third-order valence-corrected chi connectivity index (χ3v) is 4.45. The fourth-order valence-corrected chi connectivity index (χ4v) is 2.90. The summed E-state index contributed by atoms with van der Waals surface area (Å²) in [6, 6.07) is 16.2. The summed E-state index contributed by atoms with van der Waals surface area (Å²) in [5, 5.41) is 0. The van der Waals surface area contributed by atoms with Crippen molar-refractivity contribution < 1.29 is 9.59 Å². The van der Waals surface area contributed by atoms with Crippen molar-refractivity contribution in [3.05, 3.63) is 95.1 Å². The highest BCUT2D eigenvalue weighted by Gasteiger charge is 2.21. The van der Waals surface area contributed by atoms with Crippen molar-refractivity contribution in [1.82, 2.24) is 9.55 Å². The largest absolute Gasteiger partial charge is 0.330 e. The Balaban J connectivity index is 1.97. The van der Waals surface area contributed by atoms with E-state index in [-0.39, 0.29) is 17.5 Å². The number of carbonyl (C=O) groups excluding carboxylic acids is 2. The summed E-state index contributed by atoms with van der Waals surface area (Å²) in [7, 11) is 1.75. The summed E-state index contributed by atoms with van der Waals surface area (Å²) in [5.41, 5.74) is 1.18. The summed E-state index contributed by atoms with van der Waals surface area (Å²) >= 11 is 3.46. The second kappa shape index (κ2) is 7.93. The minimum atomic E-state index is -0.332. The number of hydrogen-bond acceptors (Lipinski definition) is 3. The predicted molar refractivity (Wildman–Crippen MR) is 104 cm³/mol. The molecule has 0 radical (unpaired) electrons. The molecule has 1 amide bonds. The van der Waals surface area contributed by atoms with Crippen LogP contribution < -0.4 is 4.90 Å². The molecular weight excluding hydrogens is 394 g/mol. The van der Waals surface area contributed by atoms with Gasteiger partial charge in [-0.15, -0.1) is 0 Å². The molecule has 130 valence electrons. The lowest BCUT2D eigenvalue weighted by Gasteiger charge is -2.19. The number of anilines is 1. The van der Waals surface area contributed by atoms with Crippen molar-refractivity contribution in [2.24, 2.45) is 7.05 Å². The first kappa shape index (κ1) is 17.8. The number of rotatable bonds is 5. The predicted octanol–water partition coefficient (Wildman–Crippen LogP) is 4.23. The van der Waals surface area contributed by atoms with Gasteiger partial charge in [0.05, 0.1) is 5.69 Å². The SMILES string of the molecule is Cn1ccnc1C(=O)N(/C=C/C(=O)c1ccccc1)c1ccccc1Br. The Bertz CT molecular complexity index is 964. The maximum absolute atomic E-state index is 13.0. The fraction of sp³-hybridized carbons (Fsp3) is 0.0500. The molecule has 0 spiro atoms. The first-order chi connectivity index (χ1) is 12.6. The Morgan fingerprint density at radius 1 is 1.08 bits per heavy atom. The summed E-state index contributed by atoms with van der Waals surface area (Å²) in [5.74, 6) is -0.241. The van der Waals surface area contributed by atoms with Gasteiger partial charge in [0.2, 0.25) is 0 Å². The number of benzene rings is 2. The molecule has 1 heterocycles. The third-order valence-electron chi connectivity index (χ3n) is 3.78. The van der Waals surface area contributed by atoms with Crippen LogP contribution in [0.25, 0.3) is 0 Å². The quantitative estimate of drug-likeness (QED) is 0.468. The van der Waals surface area contributed by atoms with Crippen molar-refractivity contribution in [1.29, 1.82) is 0 Å². The number of ketones is 1. The van der Waals surface area contributed by atoms with Crippen LogP contribution in [0.2, 0.25) is 0 Å². The molecule has 0 aliphatic rings. The summed E-state index contributed by atoms with van der Waals surface area (Å²) in [6.45, 7) is 0. The van der Waals surface area contributed by atoms with Gasteiger partial charge >= 0.3 is 0 Å². The van der Waals surface area contributed by atoms with Crippen LogP contribution in [0.1, 0.15) is 21.0 Å². The molecule has 26 heavy (non-hydrogen) atoms. The van der Waals surface area contributed by atoms with Gasteiger partial charge in [0.1, 0.15) is 0 Å². The molecule has 0 saturated heterocycles. The van der Waals surface area contributed by atoms with Gasteiger partial charge in [-0.05, 0) is 28.1 Å². The molecule has 0 unspecified atom stereocenters. The van der Waals surface area contributed by atoms with E-state index in [4.69, 9.17) is 0 Å². The van der Waals surface area contributed by atoms with Crippen molar-refractivity contribution in [3.8, 4) is 0 Å². The van der Waals surface area contributed by atoms with Crippen LogP contribution in [-0.2, 0) is 7.05 Å². The lowest BCUT2D eigenvalue weighted by atomic mass is 10.1. The Hall–Kier alpha value is -2.99. The number of nitrogens with zero attached hydrogens (tertiary/aromatic N) is 3. The van der Waals surface area contributed by atoms with Gasteiger partial charge in [0.15, 0.2) is 11.6 Å². The molecule has 0 aliphatic carbocycles. The molecule has 3 rings (SSSR count). The van der Waals surface area contributed by atoms with Gasteiger partial charge in [-0.25, -0.2) is 4.98 Å². The number of carbonyl (C=O) groups is 2. The number of halogens is 1. The van der Waals surface area contributed by atoms with Gasteiger partial charge in [0, 0.05) is 41.8 Å². The standard InChI is InChI=1S/C20H16BrN3O2/c1-23-14-12-22-19(23)20(26)24(17-10-6-5-9-16(17)21)13-11-18(25)15-7-3-2-4-8-15/h2-14H,1H3/b13-11+. The van der Waals surface area contributed by atoms with Gasteiger partial charge in [-0.1, -0.05) is 42.5 Å². The van der Waals surface area contributed by atoms with Gasteiger partial charge in [0.25, 0.3) is 5.91 Å². The average Bonchev–Trinajstić information content (AvgIpc) is 3.09. The van der Waals surface area contributed by atoms with Crippen LogP contribution in [0.5, 0.6) is 0 Å². The van der Waals surface area contributed by atoms with E-state index in [1.165, 1.54) is 17.2 Å². The molecule has 5 nitrogen and oxygen atoms in total. The topological polar surface area (TPSA) is 55.2 Å². The second-order valence-electron chi connectivity index (χ2n) is 5.53. The van der Waals surface area contributed by atoms with Crippen LogP contribution in [0, 0.1) is 0 Å². The number of imidazole rings is 1. The molecule has 0 atom stereocenters. The minimum Gasteiger partial charge on any atom is -0.330 e. The normalized spacial score (nSPS) is 10.8. The van der Waals surface area contributed by atoms with Crippen molar-refractivity contribution >= 4 is 33.3 Å². The van der Waals surface area contributed by atoms with E-state index in [0.717, 1.165) is 4.47 Å². The zero-order valence-corrected chi connectivity index (χ0v) is 15.6. The van der Waals surface area contributed by atoms with Gasteiger partial charge in [-0.3, -0.25) is 14.5 Å². The number of hydrogen-bond donors (Lipinski definition) is 0. The van der Waals surface area contributed by atoms with Crippen LogP contribution in [0.15, 0.2) is 83.7 Å². The van der Waals surface area contributed by atoms with Crippen LogP contribution in [0.4, 0.5) is 5.69 Å². The molecule has 0 saturated carbocycles. The Kier molecular flexibility index (Phi) is 5.43. The number of allylic oxidation sites excluding steroid dienone is 1.